The molecule has 0 spiro atoms. The van der Waals surface area contributed by atoms with Crippen LogP contribution in [-0.4, -0.2) is 25.8 Å². The van der Waals surface area contributed by atoms with Gasteiger partial charge in [0.05, 0.1) is 11.7 Å². The molecule has 19 heavy (non-hydrogen) atoms. The lowest BCUT2D eigenvalue weighted by atomic mass is 10.2. The van der Waals surface area contributed by atoms with E-state index in [-0.39, 0.29) is 5.84 Å². The first kappa shape index (κ1) is 11.2. The first-order chi connectivity index (χ1) is 9.29. The number of nitrogens with zero attached hydrogens (tertiary/aromatic N) is 4. The van der Waals surface area contributed by atoms with E-state index in [0.29, 0.717) is 11.4 Å². The minimum absolute atomic E-state index is 0.0418. The molecule has 0 unspecified atom stereocenters. The van der Waals surface area contributed by atoms with E-state index in [4.69, 9.17) is 10.9 Å². The van der Waals surface area contributed by atoms with E-state index >= 15 is 0 Å². The summed E-state index contributed by atoms with van der Waals surface area (Å²) in [5, 5.41) is 17.0. The van der Waals surface area contributed by atoms with E-state index in [1.165, 1.54) is 0 Å². The largest absolute Gasteiger partial charge is 0.409 e. The first-order valence-electron chi connectivity index (χ1n) is 5.66. The van der Waals surface area contributed by atoms with Crippen LogP contribution in [0, 0.1) is 0 Å². The lowest BCUT2D eigenvalue weighted by Crippen LogP contribution is -2.14. The van der Waals surface area contributed by atoms with Crippen LogP contribution in [0.25, 0.3) is 16.7 Å². The number of benzene rings is 1. The summed E-state index contributed by atoms with van der Waals surface area (Å²) in [6.07, 6.45) is 3.37. The summed E-state index contributed by atoms with van der Waals surface area (Å²) < 4.78 is 1.71. The lowest BCUT2D eigenvalue weighted by Gasteiger charge is -2.04. The zero-order valence-corrected chi connectivity index (χ0v) is 9.93. The normalized spacial score (nSPS) is 11.9. The van der Waals surface area contributed by atoms with Gasteiger partial charge in [-0.1, -0.05) is 23.4 Å². The second kappa shape index (κ2) is 4.41. The number of para-hydroxylation sites is 1. The summed E-state index contributed by atoms with van der Waals surface area (Å²) in [6.45, 7) is 0. The zero-order chi connectivity index (χ0) is 13.2. The Kier molecular flexibility index (Phi) is 2.60. The average molecular weight is 253 g/mol. The maximum Gasteiger partial charge on any atom is 0.170 e. The molecule has 0 saturated carbocycles. The van der Waals surface area contributed by atoms with Crippen molar-refractivity contribution in [3.05, 3.63) is 54.4 Å². The number of amidine groups is 1. The van der Waals surface area contributed by atoms with Gasteiger partial charge < -0.3 is 10.9 Å². The highest BCUT2D eigenvalue weighted by Gasteiger charge is 2.07. The molecule has 0 amide bonds. The van der Waals surface area contributed by atoms with Crippen molar-refractivity contribution in [3.63, 3.8) is 0 Å². The fourth-order valence-electron chi connectivity index (χ4n) is 1.91. The minimum Gasteiger partial charge on any atom is -0.409 e. The Balaban J connectivity index is 2.17. The van der Waals surface area contributed by atoms with Gasteiger partial charge in [-0.3, -0.25) is 0 Å². The van der Waals surface area contributed by atoms with Gasteiger partial charge in [-0.15, -0.1) is 0 Å². The van der Waals surface area contributed by atoms with Gasteiger partial charge in [0, 0.05) is 17.1 Å². The number of aromatic nitrogens is 3. The number of fused-ring (bicyclic) bond motifs is 1. The van der Waals surface area contributed by atoms with E-state index in [1.54, 1.807) is 29.2 Å². The number of pyridine rings is 1. The lowest BCUT2D eigenvalue weighted by molar-refractivity contribution is 0.318. The van der Waals surface area contributed by atoms with Crippen molar-refractivity contribution in [3.8, 4) is 5.82 Å². The Bertz CT molecular complexity index is 762. The molecule has 0 aliphatic carbocycles. The van der Waals surface area contributed by atoms with Gasteiger partial charge in [-0.25, -0.2) is 9.67 Å². The van der Waals surface area contributed by atoms with Crippen molar-refractivity contribution in [1.82, 2.24) is 14.8 Å². The van der Waals surface area contributed by atoms with Crippen LogP contribution in [0.3, 0.4) is 0 Å². The molecule has 0 atom stereocenters. The Hall–Kier alpha value is -2.89. The SMILES string of the molecule is NC(=NO)c1ccnc(-n2ncc3ccccc32)c1. The fraction of sp³-hybridized carbons (Fsp3) is 0. The predicted molar refractivity (Wildman–Crippen MR) is 71.4 cm³/mol. The first-order valence-corrected chi connectivity index (χ1v) is 5.66. The van der Waals surface area contributed by atoms with Gasteiger partial charge in [0.25, 0.3) is 0 Å². The summed E-state index contributed by atoms with van der Waals surface area (Å²) in [7, 11) is 0. The van der Waals surface area contributed by atoms with Crippen molar-refractivity contribution in [1.29, 1.82) is 0 Å². The van der Waals surface area contributed by atoms with E-state index < -0.39 is 0 Å². The van der Waals surface area contributed by atoms with Crippen molar-refractivity contribution in [2.75, 3.05) is 0 Å². The Labute approximate surface area is 108 Å². The Morgan fingerprint density at radius 2 is 2.11 bits per heavy atom. The van der Waals surface area contributed by atoms with Gasteiger partial charge in [-0.2, -0.15) is 5.10 Å². The molecule has 6 heteroatoms. The molecule has 3 aromatic rings. The molecule has 0 aliphatic rings. The summed E-state index contributed by atoms with van der Waals surface area (Å²) in [5.74, 6) is 0.658. The van der Waals surface area contributed by atoms with Gasteiger partial charge in [0.2, 0.25) is 0 Å². The summed E-state index contributed by atoms with van der Waals surface area (Å²) in [6, 6.07) is 11.2. The number of rotatable bonds is 2. The average Bonchev–Trinajstić information content (AvgIpc) is 2.90. The molecular weight excluding hydrogens is 242 g/mol. The van der Waals surface area contributed by atoms with Crippen LogP contribution in [0.4, 0.5) is 0 Å². The maximum atomic E-state index is 8.70. The molecule has 94 valence electrons. The van der Waals surface area contributed by atoms with Crippen LogP contribution in [0.5, 0.6) is 0 Å². The van der Waals surface area contributed by atoms with Crippen molar-refractivity contribution in [2.24, 2.45) is 10.9 Å². The predicted octanol–water partition coefficient (Wildman–Crippen LogP) is 1.51. The molecular formula is C13H11N5O. The van der Waals surface area contributed by atoms with Crippen LogP contribution in [0.2, 0.25) is 0 Å². The van der Waals surface area contributed by atoms with E-state index in [2.05, 4.69) is 15.2 Å². The smallest absolute Gasteiger partial charge is 0.170 e. The van der Waals surface area contributed by atoms with Gasteiger partial charge in [0.1, 0.15) is 0 Å². The quantitative estimate of drug-likeness (QED) is 0.313. The Morgan fingerprint density at radius 1 is 1.26 bits per heavy atom. The van der Waals surface area contributed by atoms with Crippen LogP contribution < -0.4 is 5.73 Å². The second-order valence-corrected chi connectivity index (χ2v) is 4.00. The molecule has 1 aromatic carbocycles. The second-order valence-electron chi connectivity index (χ2n) is 4.00. The molecule has 0 saturated heterocycles. The molecule has 2 aromatic heterocycles. The van der Waals surface area contributed by atoms with Gasteiger partial charge >= 0.3 is 0 Å². The van der Waals surface area contributed by atoms with Crippen LogP contribution >= 0.6 is 0 Å². The number of nitrogens with two attached hydrogens (primary N) is 1. The van der Waals surface area contributed by atoms with Crippen molar-refractivity contribution in [2.45, 2.75) is 0 Å². The number of hydrogen-bond acceptors (Lipinski definition) is 4. The summed E-state index contributed by atoms with van der Waals surface area (Å²) in [4.78, 5) is 4.26. The molecule has 6 nitrogen and oxygen atoms in total. The van der Waals surface area contributed by atoms with Crippen LogP contribution in [0.15, 0.2) is 53.9 Å². The third-order valence-corrected chi connectivity index (χ3v) is 2.84. The Morgan fingerprint density at radius 3 is 2.95 bits per heavy atom. The molecule has 0 radical (unpaired) electrons. The topological polar surface area (TPSA) is 89.3 Å². The highest BCUT2D eigenvalue weighted by atomic mass is 16.4. The highest BCUT2D eigenvalue weighted by Crippen LogP contribution is 2.17. The maximum absolute atomic E-state index is 8.70. The number of oxime groups is 1. The highest BCUT2D eigenvalue weighted by molar-refractivity contribution is 5.97. The number of hydrogen-bond donors (Lipinski definition) is 2. The minimum atomic E-state index is 0.0418. The summed E-state index contributed by atoms with van der Waals surface area (Å²) >= 11 is 0. The van der Waals surface area contributed by atoms with E-state index in [0.717, 1.165) is 10.9 Å². The van der Waals surface area contributed by atoms with Gasteiger partial charge in [0.15, 0.2) is 11.7 Å². The third kappa shape index (κ3) is 1.89. The van der Waals surface area contributed by atoms with E-state index in [9.17, 15) is 0 Å². The molecule has 3 rings (SSSR count). The molecule has 0 aliphatic heterocycles. The van der Waals surface area contributed by atoms with Crippen molar-refractivity contribution >= 4 is 16.7 Å². The molecule has 0 bridgehead atoms. The van der Waals surface area contributed by atoms with Crippen LogP contribution in [0.1, 0.15) is 5.56 Å². The van der Waals surface area contributed by atoms with Crippen LogP contribution in [-0.2, 0) is 0 Å². The fourth-order valence-corrected chi connectivity index (χ4v) is 1.91. The summed E-state index contributed by atoms with van der Waals surface area (Å²) in [5.41, 5.74) is 7.11. The molecule has 2 heterocycles. The van der Waals surface area contributed by atoms with Gasteiger partial charge in [-0.05, 0) is 18.2 Å². The monoisotopic (exact) mass is 253 g/mol. The van der Waals surface area contributed by atoms with Crippen molar-refractivity contribution < 1.29 is 5.21 Å². The molecule has 0 fully saturated rings. The molecule has 3 N–H and O–H groups in total. The van der Waals surface area contributed by atoms with E-state index in [1.807, 2.05) is 24.3 Å². The standard InChI is InChI=1S/C13H11N5O/c14-13(17-19)9-5-6-15-12(7-9)18-11-4-2-1-3-10(11)8-16-18/h1-8,19H,(H2,14,17). The zero-order valence-electron chi connectivity index (χ0n) is 9.93. The third-order valence-electron chi connectivity index (χ3n) is 2.84.